The molecule has 4 nitrogen and oxygen atoms in total. The van der Waals surface area contributed by atoms with Crippen molar-refractivity contribution in [1.82, 2.24) is 4.90 Å². The lowest BCUT2D eigenvalue weighted by molar-refractivity contribution is -0.118. The van der Waals surface area contributed by atoms with Crippen molar-refractivity contribution < 1.29 is 9.53 Å². The molecule has 1 amide bonds. The van der Waals surface area contributed by atoms with E-state index in [0.717, 1.165) is 50.3 Å². The first kappa shape index (κ1) is 25.3. The van der Waals surface area contributed by atoms with Crippen molar-refractivity contribution in [2.45, 2.75) is 45.1 Å². The summed E-state index contributed by atoms with van der Waals surface area (Å²) in [5, 5.41) is 3.74. The zero-order valence-corrected chi connectivity index (χ0v) is 21.4. The van der Waals surface area contributed by atoms with E-state index in [1.54, 1.807) is 0 Å². The number of ether oxygens (including phenoxy) is 1. The van der Waals surface area contributed by atoms with Gasteiger partial charge in [0, 0.05) is 29.6 Å². The smallest absolute Gasteiger partial charge is 0.226 e. The second-order valence-electron chi connectivity index (χ2n) is 9.65. The largest absolute Gasteiger partial charge is 0.486 e. The van der Waals surface area contributed by atoms with Crippen LogP contribution in [0, 0.1) is 5.92 Å². The molecule has 3 aromatic carbocycles. The molecular formula is C30H35ClN2O2. The van der Waals surface area contributed by atoms with Crippen molar-refractivity contribution in [1.29, 1.82) is 0 Å². The van der Waals surface area contributed by atoms with Crippen LogP contribution >= 0.6 is 11.6 Å². The molecule has 3 aromatic rings. The van der Waals surface area contributed by atoms with Crippen molar-refractivity contribution in [2.75, 3.05) is 25.0 Å². The van der Waals surface area contributed by atoms with E-state index in [9.17, 15) is 4.79 Å². The van der Waals surface area contributed by atoms with Gasteiger partial charge in [-0.2, -0.15) is 0 Å². The fourth-order valence-corrected chi connectivity index (χ4v) is 4.71. The standard InChI is InChI=1S/C30H35ClN2O2/c1-22(2)30(34)32-27-10-6-9-25(21-27)23-15-18-33(19-16-23)20-17-29(24-7-4-3-5-8-24)35-28-13-11-26(31)12-14-28/h3-14,21-23,29H,15-20H2,1-2H3,(H,32,34)/t29-/m0/s1. The van der Waals surface area contributed by atoms with Gasteiger partial charge in [0.2, 0.25) is 5.91 Å². The van der Waals surface area contributed by atoms with Gasteiger partial charge in [-0.15, -0.1) is 0 Å². The van der Waals surface area contributed by atoms with Crippen LogP contribution in [-0.2, 0) is 4.79 Å². The third kappa shape index (κ3) is 7.33. The van der Waals surface area contributed by atoms with Crippen LogP contribution in [0.4, 0.5) is 5.69 Å². The van der Waals surface area contributed by atoms with E-state index in [-0.39, 0.29) is 17.9 Å². The summed E-state index contributed by atoms with van der Waals surface area (Å²) in [6.07, 6.45) is 3.16. The Kier molecular flexibility index (Phi) is 8.84. The van der Waals surface area contributed by atoms with Gasteiger partial charge in [0.15, 0.2) is 0 Å². The number of benzene rings is 3. The molecule has 1 saturated heterocycles. The third-order valence-corrected chi connectivity index (χ3v) is 6.96. The van der Waals surface area contributed by atoms with Gasteiger partial charge in [0.1, 0.15) is 11.9 Å². The van der Waals surface area contributed by atoms with Crippen LogP contribution in [0.3, 0.4) is 0 Å². The third-order valence-electron chi connectivity index (χ3n) is 6.71. The van der Waals surface area contributed by atoms with Crippen molar-refractivity contribution in [3.05, 3.63) is 95.0 Å². The maximum atomic E-state index is 12.1. The molecule has 1 atom stereocenters. The number of nitrogens with one attached hydrogen (secondary N) is 1. The maximum Gasteiger partial charge on any atom is 0.226 e. The van der Waals surface area contributed by atoms with Gasteiger partial charge in [-0.25, -0.2) is 0 Å². The van der Waals surface area contributed by atoms with Crippen LogP contribution in [-0.4, -0.2) is 30.4 Å². The molecule has 0 saturated carbocycles. The van der Waals surface area contributed by atoms with Crippen molar-refractivity contribution >= 4 is 23.2 Å². The first-order chi connectivity index (χ1) is 17.0. The summed E-state index contributed by atoms with van der Waals surface area (Å²) in [6, 6.07) is 26.4. The minimum absolute atomic E-state index is 0.00338. The van der Waals surface area contributed by atoms with E-state index >= 15 is 0 Å². The van der Waals surface area contributed by atoms with Crippen LogP contribution in [0.25, 0.3) is 0 Å². The number of rotatable bonds is 9. The Morgan fingerprint density at radius 2 is 1.71 bits per heavy atom. The van der Waals surface area contributed by atoms with Crippen molar-refractivity contribution in [3.63, 3.8) is 0 Å². The van der Waals surface area contributed by atoms with E-state index in [1.807, 2.05) is 50.2 Å². The van der Waals surface area contributed by atoms with Gasteiger partial charge in [0.25, 0.3) is 0 Å². The first-order valence-corrected chi connectivity index (χ1v) is 13.0. The van der Waals surface area contributed by atoms with Crippen molar-refractivity contribution in [3.8, 4) is 5.75 Å². The minimum Gasteiger partial charge on any atom is -0.486 e. The van der Waals surface area contributed by atoms with E-state index in [0.29, 0.717) is 10.9 Å². The average molecular weight is 491 g/mol. The lowest BCUT2D eigenvalue weighted by Crippen LogP contribution is -2.34. The van der Waals surface area contributed by atoms with Gasteiger partial charge in [0.05, 0.1) is 0 Å². The predicted octanol–water partition coefficient (Wildman–Crippen LogP) is 7.32. The number of halogens is 1. The summed E-state index contributed by atoms with van der Waals surface area (Å²) in [4.78, 5) is 14.6. The summed E-state index contributed by atoms with van der Waals surface area (Å²) >= 11 is 6.05. The lowest BCUT2D eigenvalue weighted by atomic mass is 9.89. The number of hydrogen-bond acceptors (Lipinski definition) is 3. The monoisotopic (exact) mass is 490 g/mol. The number of anilines is 1. The Bertz CT molecular complexity index is 1080. The Morgan fingerprint density at radius 1 is 1.00 bits per heavy atom. The predicted molar refractivity (Wildman–Crippen MR) is 144 cm³/mol. The van der Waals surface area contributed by atoms with Gasteiger partial charge in [-0.1, -0.05) is 67.9 Å². The van der Waals surface area contributed by atoms with Crippen LogP contribution < -0.4 is 10.1 Å². The second-order valence-corrected chi connectivity index (χ2v) is 10.1. The highest BCUT2D eigenvalue weighted by Gasteiger charge is 2.23. The van der Waals surface area contributed by atoms with E-state index in [4.69, 9.17) is 16.3 Å². The summed E-state index contributed by atoms with van der Waals surface area (Å²) in [6.45, 7) is 6.95. The summed E-state index contributed by atoms with van der Waals surface area (Å²) < 4.78 is 6.38. The zero-order chi connectivity index (χ0) is 24.6. The molecule has 0 radical (unpaired) electrons. The normalized spacial score (nSPS) is 15.7. The molecule has 1 fully saturated rings. The highest BCUT2D eigenvalue weighted by molar-refractivity contribution is 6.30. The molecule has 0 spiro atoms. The number of piperidine rings is 1. The van der Waals surface area contributed by atoms with Gasteiger partial charge in [-0.05, 0) is 79.4 Å². The quantitative estimate of drug-likeness (QED) is 0.341. The summed E-state index contributed by atoms with van der Waals surface area (Å²) in [7, 11) is 0. The average Bonchev–Trinajstić information content (AvgIpc) is 2.88. The fourth-order valence-electron chi connectivity index (χ4n) is 4.59. The molecule has 4 rings (SSSR count). The number of likely N-dealkylation sites (tertiary alicyclic amines) is 1. The molecular weight excluding hydrogens is 456 g/mol. The van der Waals surface area contributed by atoms with E-state index < -0.39 is 0 Å². The molecule has 0 bridgehead atoms. The molecule has 0 aromatic heterocycles. The van der Waals surface area contributed by atoms with Gasteiger partial charge >= 0.3 is 0 Å². The van der Waals surface area contributed by atoms with Crippen LogP contribution in [0.5, 0.6) is 5.75 Å². The molecule has 184 valence electrons. The van der Waals surface area contributed by atoms with Gasteiger partial charge < -0.3 is 15.0 Å². The van der Waals surface area contributed by atoms with E-state index in [1.165, 1.54) is 11.1 Å². The SMILES string of the molecule is CC(C)C(=O)Nc1cccc(C2CCN(CC[C@H](Oc3ccc(Cl)cc3)c3ccccc3)CC2)c1. The number of amides is 1. The fraction of sp³-hybridized carbons (Fsp3) is 0.367. The summed E-state index contributed by atoms with van der Waals surface area (Å²) in [5.74, 6) is 1.40. The second kappa shape index (κ2) is 12.2. The Labute approximate surface area is 214 Å². The molecule has 5 heteroatoms. The number of carbonyl (C=O) groups excluding carboxylic acids is 1. The number of nitrogens with zero attached hydrogens (tertiary/aromatic N) is 1. The zero-order valence-electron chi connectivity index (χ0n) is 20.6. The van der Waals surface area contributed by atoms with Gasteiger partial charge in [-0.3, -0.25) is 4.79 Å². The molecule has 1 N–H and O–H groups in total. The highest BCUT2D eigenvalue weighted by Crippen LogP contribution is 2.31. The van der Waals surface area contributed by atoms with Crippen molar-refractivity contribution in [2.24, 2.45) is 5.92 Å². The van der Waals surface area contributed by atoms with E-state index in [2.05, 4.69) is 52.7 Å². The molecule has 1 aliphatic rings. The maximum absolute atomic E-state index is 12.1. The topological polar surface area (TPSA) is 41.6 Å². The minimum atomic E-state index is -0.0229. The molecule has 0 aliphatic carbocycles. The Hall–Kier alpha value is -2.82. The molecule has 35 heavy (non-hydrogen) atoms. The molecule has 0 unspecified atom stereocenters. The highest BCUT2D eigenvalue weighted by atomic mass is 35.5. The Balaban J connectivity index is 1.32. The number of carbonyl (C=O) groups is 1. The lowest BCUT2D eigenvalue weighted by Gasteiger charge is -2.33. The summed E-state index contributed by atoms with van der Waals surface area (Å²) in [5.41, 5.74) is 3.41. The van der Waals surface area contributed by atoms with Crippen LogP contribution in [0.1, 0.15) is 56.3 Å². The van der Waals surface area contributed by atoms with Crippen LogP contribution in [0.2, 0.25) is 5.02 Å². The molecule has 1 heterocycles. The first-order valence-electron chi connectivity index (χ1n) is 12.6. The Morgan fingerprint density at radius 3 is 2.40 bits per heavy atom. The molecule has 1 aliphatic heterocycles. The number of hydrogen-bond donors (Lipinski definition) is 1. The van der Waals surface area contributed by atoms with Crippen LogP contribution in [0.15, 0.2) is 78.9 Å².